The standard InChI is InChI=1S/C11H13F2N3O3/c1-11(2,10(14)17)5-15-9-7(16(18)19)4-3-6(12)8(9)13/h3-4,15H,5H2,1-2H3,(H2,14,17). The summed E-state index contributed by atoms with van der Waals surface area (Å²) in [6.07, 6.45) is 0. The molecule has 1 aromatic rings. The fraction of sp³-hybridized carbons (Fsp3) is 0.364. The highest BCUT2D eigenvalue weighted by Crippen LogP contribution is 2.30. The van der Waals surface area contributed by atoms with Gasteiger partial charge in [-0.25, -0.2) is 8.78 Å². The molecule has 0 atom stereocenters. The molecule has 19 heavy (non-hydrogen) atoms. The number of nitro benzene ring substituents is 1. The number of nitrogens with two attached hydrogens (primary N) is 1. The van der Waals surface area contributed by atoms with Gasteiger partial charge in [0.1, 0.15) is 0 Å². The van der Waals surface area contributed by atoms with E-state index >= 15 is 0 Å². The lowest BCUT2D eigenvalue weighted by molar-refractivity contribution is -0.384. The highest BCUT2D eigenvalue weighted by molar-refractivity contribution is 5.80. The first-order valence-corrected chi connectivity index (χ1v) is 5.33. The summed E-state index contributed by atoms with van der Waals surface area (Å²) in [6, 6.07) is 1.51. The monoisotopic (exact) mass is 273 g/mol. The maximum absolute atomic E-state index is 13.5. The number of rotatable bonds is 5. The van der Waals surface area contributed by atoms with Crippen LogP contribution in [-0.2, 0) is 4.79 Å². The van der Waals surface area contributed by atoms with E-state index in [0.29, 0.717) is 6.07 Å². The molecule has 0 aliphatic rings. The Bertz CT molecular complexity index is 532. The predicted molar refractivity (Wildman–Crippen MR) is 64.5 cm³/mol. The van der Waals surface area contributed by atoms with Gasteiger partial charge in [-0.15, -0.1) is 0 Å². The summed E-state index contributed by atoms with van der Waals surface area (Å²) in [5.41, 5.74) is 2.85. The van der Waals surface area contributed by atoms with Gasteiger partial charge in [-0.3, -0.25) is 14.9 Å². The maximum Gasteiger partial charge on any atom is 0.295 e. The molecular weight excluding hydrogens is 260 g/mol. The zero-order chi connectivity index (χ0) is 14.8. The summed E-state index contributed by atoms with van der Waals surface area (Å²) in [4.78, 5) is 21.0. The third kappa shape index (κ3) is 3.15. The third-order valence-corrected chi connectivity index (χ3v) is 2.64. The molecule has 1 aromatic carbocycles. The van der Waals surface area contributed by atoms with E-state index in [2.05, 4.69) is 5.32 Å². The number of nitrogens with one attached hydrogen (secondary N) is 1. The zero-order valence-corrected chi connectivity index (χ0v) is 10.4. The molecule has 0 aliphatic carbocycles. The number of benzene rings is 1. The fourth-order valence-corrected chi connectivity index (χ4v) is 1.26. The number of carbonyl (C=O) groups is 1. The zero-order valence-electron chi connectivity index (χ0n) is 10.4. The lowest BCUT2D eigenvalue weighted by Crippen LogP contribution is -2.37. The first kappa shape index (κ1) is 14.8. The van der Waals surface area contributed by atoms with Crippen molar-refractivity contribution < 1.29 is 18.5 Å². The number of anilines is 1. The second-order valence-corrected chi connectivity index (χ2v) is 4.61. The van der Waals surface area contributed by atoms with Gasteiger partial charge in [-0.1, -0.05) is 0 Å². The molecular formula is C11H13F2N3O3. The maximum atomic E-state index is 13.5. The second kappa shape index (κ2) is 5.17. The predicted octanol–water partition coefficient (Wildman–Crippen LogP) is 1.80. The van der Waals surface area contributed by atoms with Gasteiger partial charge in [-0.2, -0.15) is 0 Å². The molecule has 0 aromatic heterocycles. The molecule has 1 amide bonds. The van der Waals surface area contributed by atoms with Crippen LogP contribution in [0.2, 0.25) is 0 Å². The quantitative estimate of drug-likeness (QED) is 0.631. The molecule has 1 rings (SSSR count). The van der Waals surface area contributed by atoms with Crippen LogP contribution in [-0.4, -0.2) is 17.4 Å². The average molecular weight is 273 g/mol. The number of carbonyl (C=O) groups excluding carboxylic acids is 1. The first-order chi connectivity index (χ1) is 8.66. The van der Waals surface area contributed by atoms with Crippen LogP contribution in [0.25, 0.3) is 0 Å². The molecule has 0 unspecified atom stereocenters. The van der Waals surface area contributed by atoms with E-state index in [1.165, 1.54) is 13.8 Å². The van der Waals surface area contributed by atoms with Gasteiger partial charge >= 0.3 is 0 Å². The van der Waals surface area contributed by atoms with E-state index in [1.54, 1.807) is 0 Å². The summed E-state index contributed by atoms with van der Waals surface area (Å²) < 4.78 is 26.6. The minimum absolute atomic E-state index is 0.163. The topological polar surface area (TPSA) is 98.3 Å². The Morgan fingerprint density at radius 2 is 2.05 bits per heavy atom. The third-order valence-electron chi connectivity index (χ3n) is 2.64. The number of nitrogens with zero attached hydrogens (tertiary/aromatic N) is 1. The second-order valence-electron chi connectivity index (χ2n) is 4.61. The van der Waals surface area contributed by atoms with Crippen molar-refractivity contribution >= 4 is 17.3 Å². The van der Waals surface area contributed by atoms with E-state index in [-0.39, 0.29) is 6.54 Å². The highest BCUT2D eigenvalue weighted by Gasteiger charge is 2.28. The molecule has 0 aliphatic heterocycles. The molecule has 104 valence electrons. The molecule has 3 N–H and O–H groups in total. The van der Waals surface area contributed by atoms with Gasteiger partial charge in [0, 0.05) is 12.6 Å². The van der Waals surface area contributed by atoms with Gasteiger partial charge in [-0.05, 0) is 19.9 Å². The van der Waals surface area contributed by atoms with Gasteiger partial charge in [0.15, 0.2) is 17.3 Å². The Hall–Kier alpha value is -2.25. The largest absolute Gasteiger partial charge is 0.376 e. The first-order valence-electron chi connectivity index (χ1n) is 5.33. The Kier molecular flexibility index (Phi) is 4.03. The molecule has 0 saturated carbocycles. The average Bonchev–Trinajstić information content (AvgIpc) is 2.30. The van der Waals surface area contributed by atoms with Crippen LogP contribution in [0.1, 0.15) is 13.8 Å². The lowest BCUT2D eigenvalue weighted by Gasteiger charge is -2.21. The van der Waals surface area contributed by atoms with Crippen LogP contribution in [0, 0.1) is 27.2 Å². The van der Waals surface area contributed by atoms with Crippen LogP contribution in [0.4, 0.5) is 20.2 Å². The molecule has 6 nitrogen and oxygen atoms in total. The number of amides is 1. The van der Waals surface area contributed by atoms with Crippen molar-refractivity contribution in [3.63, 3.8) is 0 Å². The van der Waals surface area contributed by atoms with E-state index in [1.807, 2.05) is 0 Å². The fourth-order valence-electron chi connectivity index (χ4n) is 1.26. The number of hydrogen-bond donors (Lipinski definition) is 2. The van der Waals surface area contributed by atoms with Crippen LogP contribution >= 0.6 is 0 Å². The molecule has 0 radical (unpaired) electrons. The van der Waals surface area contributed by atoms with Crippen molar-refractivity contribution in [2.75, 3.05) is 11.9 Å². The van der Waals surface area contributed by atoms with E-state index in [0.717, 1.165) is 6.07 Å². The Balaban J connectivity index is 3.10. The highest BCUT2D eigenvalue weighted by atomic mass is 19.2. The van der Waals surface area contributed by atoms with Gasteiger partial charge in [0.05, 0.1) is 10.3 Å². The van der Waals surface area contributed by atoms with Crippen molar-refractivity contribution in [2.45, 2.75) is 13.8 Å². The minimum atomic E-state index is -1.37. The van der Waals surface area contributed by atoms with Crippen LogP contribution < -0.4 is 11.1 Å². The Morgan fingerprint density at radius 1 is 1.47 bits per heavy atom. The molecule has 0 fully saturated rings. The summed E-state index contributed by atoms with van der Waals surface area (Å²) >= 11 is 0. The van der Waals surface area contributed by atoms with Gasteiger partial charge in [0.2, 0.25) is 5.91 Å². The Morgan fingerprint density at radius 3 is 2.53 bits per heavy atom. The summed E-state index contributed by atoms with van der Waals surface area (Å²) in [7, 11) is 0. The molecule has 0 heterocycles. The van der Waals surface area contributed by atoms with Gasteiger partial charge < -0.3 is 11.1 Å². The number of hydrogen-bond acceptors (Lipinski definition) is 4. The van der Waals surface area contributed by atoms with Crippen molar-refractivity contribution in [2.24, 2.45) is 11.1 Å². The van der Waals surface area contributed by atoms with Crippen LogP contribution in [0.5, 0.6) is 0 Å². The van der Waals surface area contributed by atoms with Crippen molar-refractivity contribution in [3.05, 3.63) is 33.9 Å². The van der Waals surface area contributed by atoms with E-state index < -0.39 is 39.3 Å². The lowest BCUT2D eigenvalue weighted by atomic mass is 9.92. The van der Waals surface area contributed by atoms with E-state index in [4.69, 9.17) is 5.73 Å². The molecule has 0 bridgehead atoms. The van der Waals surface area contributed by atoms with Crippen molar-refractivity contribution in [1.82, 2.24) is 0 Å². The minimum Gasteiger partial charge on any atom is -0.376 e. The van der Waals surface area contributed by atoms with E-state index in [9.17, 15) is 23.7 Å². The summed E-state index contributed by atoms with van der Waals surface area (Å²) in [5, 5.41) is 13.1. The summed E-state index contributed by atoms with van der Waals surface area (Å²) in [5.74, 6) is -3.25. The normalized spacial score (nSPS) is 11.2. The van der Waals surface area contributed by atoms with Gasteiger partial charge in [0.25, 0.3) is 5.69 Å². The van der Waals surface area contributed by atoms with Crippen LogP contribution in [0.3, 0.4) is 0 Å². The Labute approximate surface area is 107 Å². The molecule has 0 saturated heterocycles. The number of halogens is 2. The molecule has 8 heteroatoms. The smallest absolute Gasteiger partial charge is 0.295 e. The van der Waals surface area contributed by atoms with Crippen molar-refractivity contribution in [3.8, 4) is 0 Å². The van der Waals surface area contributed by atoms with Crippen molar-refractivity contribution in [1.29, 1.82) is 0 Å². The number of primary amides is 1. The van der Waals surface area contributed by atoms with Crippen LogP contribution in [0.15, 0.2) is 12.1 Å². The SMILES string of the molecule is CC(C)(CNc1c([N+](=O)[O-])ccc(F)c1F)C(N)=O. The summed E-state index contributed by atoms with van der Waals surface area (Å²) in [6.45, 7) is 2.79. The number of nitro groups is 1. The molecule has 0 spiro atoms.